The molecule has 1 atom stereocenters. The van der Waals surface area contributed by atoms with Gasteiger partial charge in [0.2, 0.25) is 15.9 Å². The van der Waals surface area contributed by atoms with Gasteiger partial charge in [0.05, 0.1) is 17.1 Å². The molecule has 1 aliphatic heterocycles. The molecule has 1 saturated heterocycles. The predicted molar refractivity (Wildman–Crippen MR) is 119 cm³/mol. The summed E-state index contributed by atoms with van der Waals surface area (Å²) < 4.78 is 28.4. The monoisotopic (exact) mass is 458 g/mol. The van der Waals surface area contributed by atoms with E-state index in [0.717, 1.165) is 18.4 Å². The number of rotatable bonds is 6. The van der Waals surface area contributed by atoms with Gasteiger partial charge in [0.1, 0.15) is 11.9 Å². The molecule has 1 amide bonds. The van der Waals surface area contributed by atoms with Crippen LogP contribution in [-0.4, -0.2) is 41.2 Å². The molecule has 9 heteroatoms. The van der Waals surface area contributed by atoms with Gasteiger partial charge in [-0.3, -0.25) is 4.79 Å². The number of sulfonamides is 1. The van der Waals surface area contributed by atoms with Crippen molar-refractivity contribution in [3.05, 3.63) is 71.5 Å². The number of nitrogens with one attached hydrogen (secondary N) is 2. The van der Waals surface area contributed by atoms with Crippen LogP contribution in [0.5, 0.6) is 0 Å². The highest BCUT2D eigenvalue weighted by Crippen LogP contribution is 2.26. The average molecular weight is 459 g/mol. The molecule has 0 radical (unpaired) electrons. The van der Waals surface area contributed by atoms with Gasteiger partial charge in [0.25, 0.3) is 0 Å². The van der Waals surface area contributed by atoms with Crippen LogP contribution in [-0.2, 0) is 21.4 Å². The number of carbonyl (C=O) groups excluding carboxylic acids is 1. The number of amides is 1. The molecule has 7 nitrogen and oxygen atoms in total. The van der Waals surface area contributed by atoms with Gasteiger partial charge in [-0.15, -0.1) is 0 Å². The van der Waals surface area contributed by atoms with Crippen LogP contribution in [0.1, 0.15) is 25.0 Å². The number of benzene rings is 2. The van der Waals surface area contributed by atoms with Crippen molar-refractivity contribution in [2.75, 3.05) is 6.54 Å². The van der Waals surface area contributed by atoms with Gasteiger partial charge >= 0.3 is 0 Å². The van der Waals surface area contributed by atoms with E-state index >= 15 is 0 Å². The number of hydrogen-bond donors (Lipinski definition) is 2. The first-order chi connectivity index (χ1) is 14.9. The van der Waals surface area contributed by atoms with Gasteiger partial charge < -0.3 is 10.3 Å². The summed E-state index contributed by atoms with van der Waals surface area (Å²) in [4.78, 5) is 20.4. The Morgan fingerprint density at radius 3 is 2.55 bits per heavy atom. The summed E-state index contributed by atoms with van der Waals surface area (Å²) >= 11 is 5.94. The van der Waals surface area contributed by atoms with Crippen LogP contribution >= 0.6 is 11.6 Å². The molecule has 1 aliphatic rings. The highest BCUT2D eigenvalue weighted by atomic mass is 35.5. The van der Waals surface area contributed by atoms with Crippen molar-refractivity contribution in [3.8, 4) is 11.4 Å². The number of carbonyl (C=O) groups is 1. The second-order valence-electron chi connectivity index (χ2n) is 7.43. The third-order valence-corrected chi connectivity index (χ3v) is 7.40. The van der Waals surface area contributed by atoms with Crippen molar-refractivity contribution in [3.63, 3.8) is 0 Å². The molecule has 31 heavy (non-hydrogen) atoms. The Morgan fingerprint density at radius 2 is 1.81 bits per heavy atom. The Hall–Kier alpha value is -2.68. The Balaban J connectivity index is 1.69. The fraction of sp³-hybridized carbons (Fsp3) is 0.273. The zero-order valence-corrected chi connectivity index (χ0v) is 18.4. The van der Waals surface area contributed by atoms with Crippen molar-refractivity contribution in [1.82, 2.24) is 19.6 Å². The van der Waals surface area contributed by atoms with Crippen LogP contribution < -0.4 is 5.32 Å². The average Bonchev–Trinajstić information content (AvgIpc) is 3.14. The lowest BCUT2D eigenvalue weighted by molar-refractivity contribution is -0.124. The number of imidazole rings is 1. The second-order valence-corrected chi connectivity index (χ2v) is 9.76. The van der Waals surface area contributed by atoms with Crippen molar-refractivity contribution >= 4 is 27.5 Å². The summed E-state index contributed by atoms with van der Waals surface area (Å²) in [6.07, 6.45) is 3.65. The number of halogens is 1. The standard InChI is InChI=1S/C22H23ClN4O3S/c23-17-9-11-19(12-10-17)31(29,30)27(20-8-4-5-13-24-22(20)28)15-18-14-25-21(26-18)16-6-2-1-3-7-16/h1-3,6-7,9-12,14,20H,4-5,8,13,15H2,(H,24,28)(H,25,26)/t20-/m1/s1. The third-order valence-electron chi connectivity index (χ3n) is 5.28. The van der Waals surface area contributed by atoms with E-state index in [-0.39, 0.29) is 17.3 Å². The lowest BCUT2D eigenvalue weighted by atomic mass is 10.1. The fourth-order valence-electron chi connectivity index (χ4n) is 3.65. The number of H-pyrrole nitrogens is 1. The SMILES string of the molecule is O=C1NCCCC[C@H]1N(Cc1cnc(-c2ccccc2)[nH]1)S(=O)(=O)c1ccc(Cl)cc1. The summed E-state index contributed by atoms with van der Waals surface area (Å²) in [5.74, 6) is 0.364. The predicted octanol–water partition coefficient (Wildman–Crippen LogP) is 3.59. The van der Waals surface area contributed by atoms with Crippen molar-refractivity contribution in [2.45, 2.75) is 36.7 Å². The van der Waals surface area contributed by atoms with Gasteiger partial charge in [-0.05, 0) is 43.5 Å². The van der Waals surface area contributed by atoms with E-state index in [0.29, 0.717) is 29.5 Å². The topological polar surface area (TPSA) is 95.2 Å². The minimum Gasteiger partial charge on any atom is -0.355 e. The summed E-state index contributed by atoms with van der Waals surface area (Å²) in [7, 11) is -3.95. The minimum absolute atomic E-state index is 0.00286. The van der Waals surface area contributed by atoms with Gasteiger partial charge in [-0.25, -0.2) is 13.4 Å². The van der Waals surface area contributed by atoms with E-state index in [1.807, 2.05) is 30.3 Å². The zero-order chi connectivity index (χ0) is 21.8. The molecule has 1 aromatic heterocycles. The molecule has 4 rings (SSSR count). The Morgan fingerprint density at radius 1 is 1.06 bits per heavy atom. The maximum absolute atomic E-state index is 13.6. The third kappa shape index (κ3) is 4.81. The molecule has 162 valence electrons. The summed E-state index contributed by atoms with van der Waals surface area (Å²) in [5.41, 5.74) is 1.50. The molecular weight excluding hydrogens is 436 g/mol. The molecule has 2 N–H and O–H groups in total. The van der Waals surface area contributed by atoms with Gasteiger partial charge in [-0.2, -0.15) is 4.31 Å². The number of hydrogen-bond acceptors (Lipinski definition) is 4. The van der Waals surface area contributed by atoms with Crippen LogP contribution in [0.3, 0.4) is 0 Å². The summed E-state index contributed by atoms with van der Waals surface area (Å²) in [6, 6.07) is 14.8. The van der Waals surface area contributed by atoms with Gasteiger partial charge in [0, 0.05) is 23.3 Å². The molecule has 0 saturated carbocycles. The maximum atomic E-state index is 13.6. The molecule has 1 fully saturated rings. The first-order valence-electron chi connectivity index (χ1n) is 10.1. The van der Waals surface area contributed by atoms with Crippen LogP contribution in [0.25, 0.3) is 11.4 Å². The van der Waals surface area contributed by atoms with E-state index in [9.17, 15) is 13.2 Å². The number of aromatic amines is 1. The molecule has 2 heterocycles. The highest BCUT2D eigenvalue weighted by Gasteiger charge is 2.36. The quantitative estimate of drug-likeness (QED) is 0.590. The van der Waals surface area contributed by atoms with Crippen LogP contribution in [0.4, 0.5) is 0 Å². The Labute approximate surface area is 186 Å². The van der Waals surface area contributed by atoms with Crippen molar-refractivity contribution < 1.29 is 13.2 Å². The zero-order valence-electron chi connectivity index (χ0n) is 16.8. The van der Waals surface area contributed by atoms with Crippen LogP contribution in [0.2, 0.25) is 5.02 Å². The lowest BCUT2D eigenvalue weighted by Crippen LogP contribution is -2.48. The normalized spacial score (nSPS) is 17.4. The number of aromatic nitrogens is 2. The van der Waals surface area contributed by atoms with Gasteiger partial charge in [-0.1, -0.05) is 41.9 Å². The largest absolute Gasteiger partial charge is 0.355 e. The van der Waals surface area contributed by atoms with Crippen molar-refractivity contribution in [2.24, 2.45) is 0 Å². The highest BCUT2D eigenvalue weighted by molar-refractivity contribution is 7.89. The van der Waals surface area contributed by atoms with Gasteiger partial charge in [0.15, 0.2) is 0 Å². The second kappa shape index (κ2) is 9.21. The molecule has 2 aromatic carbocycles. The molecule has 0 spiro atoms. The summed E-state index contributed by atoms with van der Waals surface area (Å²) in [6.45, 7) is 0.551. The van der Waals surface area contributed by atoms with E-state index in [4.69, 9.17) is 11.6 Å². The van der Waals surface area contributed by atoms with Crippen LogP contribution in [0.15, 0.2) is 65.7 Å². The first kappa shape index (κ1) is 21.5. The van der Waals surface area contributed by atoms with E-state index in [2.05, 4.69) is 15.3 Å². The Bertz CT molecular complexity index is 1150. The molecule has 0 unspecified atom stereocenters. The van der Waals surface area contributed by atoms with E-state index in [1.165, 1.54) is 28.6 Å². The smallest absolute Gasteiger partial charge is 0.244 e. The van der Waals surface area contributed by atoms with E-state index in [1.54, 1.807) is 6.20 Å². The van der Waals surface area contributed by atoms with E-state index < -0.39 is 16.1 Å². The Kier molecular flexibility index (Phi) is 6.41. The first-order valence-corrected chi connectivity index (χ1v) is 11.9. The number of nitrogens with zero attached hydrogens (tertiary/aromatic N) is 2. The lowest BCUT2D eigenvalue weighted by Gasteiger charge is -2.28. The van der Waals surface area contributed by atoms with Crippen molar-refractivity contribution in [1.29, 1.82) is 0 Å². The maximum Gasteiger partial charge on any atom is 0.244 e. The van der Waals surface area contributed by atoms with Crippen LogP contribution in [0, 0.1) is 0 Å². The molecular formula is C22H23ClN4O3S. The molecule has 0 bridgehead atoms. The minimum atomic E-state index is -3.95. The summed E-state index contributed by atoms with van der Waals surface area (Å²) in [5, 5.41) is 3.28. The molecule has 0 aliphatic carbocycles. The molecule has 3 aromatic rings. The fourth-order valence-corrected chi connectivity index (χ4v) is 5.37.